The minimum absolute atomic E-state index is 0.0439. The maximum Gasteiger partial charge on any atom is 0.335 e. The molecule has 0 aromatic rings. The predicted octanol–water partition coefficient (Wildman–Crippen LogP) is 0.710. The summed E-state index contributed by atoms with van der Waals surface area (Å²) in [6.45, 7) is 2.49. The van der Waals surface area contributed by atoms with E-state index in [-0.39, 0.29) is 5.92 Å². The lowest BCUT2D eigenvalue weighted by Crippen LogP contribution is -2.21. The van der Waals surface area contributed by atoms with Crippen LogP contribution in [0.15, 0.2) is 0 Å². The monoisotopic (exact) mass is 158 g/mol. The molecule has 2 atom stereocenters. The Kier molecular flexibility index (Phi) is 2.88. The number of unbranched alkanes of at least 4 members (excludes halogenated alkanes) is 1. The smallest absolute Gasteiger partial charge is 0.335 e. The largest absolute Gasteiger partial charge is 0.463 e. The van der Waals surface area contributed by atoms with Gasteiger partial charge >= 0.3 is 5.97 Å². The SMILES string of the molecule is CCCC[C@@H]1COC(=O)[C@H]1O. The van der Waals surface area contributed by atoms with Gasteiger partial charge in [0.25, 0.3) is 0 Å². The zero-order chi connectivity index (χ0) is 8.27. The van der Waals surface area contributed by atoms with Crippen LogP contribution in [0, 0.1) is 5.92 Å². The van der Waals surface area contributed by atoms with Gasteiger partial charge in [0.2, 0.25) is 0 Å². The Bertz CT molecular complexity index is 144. The van der Waals surface area contributed by atoms with E-state index in [4.69, 9.17) is 0 Å². The van der Waals surface area contributed by atoms with Gasteiger partial charge in [-0.1, -0.05) is 19.8 Å². The van der Waals surface area contributed by atoms with Gasteiger partial charge in [0, 0.05) is 5.92 Å². The van der Waals surface area contributed by atoms with Crippen molar-refractivity contribution in [3.8, 4) is 0 Å². The molecule has 1 saturated heterocycles. The van der Waals surface area contributed by atoms with E-state index in [1.54, 1.807) is 0 Å². The van der Waals surface area contributed by atoms with Crippen molar-refractivity contribution in [3.63, 3.8) is 0 Å². The number of carbonyl (C=O) groups excluding carboxylic acids is 1. The summed E-state index contributed by atoms with van der Waals surface area (Å²) in [5.41, 5.74) is 0. The fourth-order valence-electron chi connectivity index (χ4n) is 1.27. The number of carbonyl (C=O) groups is 1. The second-order valence-corrected chi connectivity index (χ2v) is 2.98. The molecule has 0 saturated carbocycles. The molecular weight excluding hydrogens is 144 g/mol. The van der Waals surface area contributed by atoms with Crippen molar-refractivity contribution in [1.82, 2.24) is 0 Å². The van der Waals surface area contributed by atoms with Gasteiger partial charge in [-0.3, -0.25) is 0 Å². The molecule has 1 aliphatic heterocycles. The third-order valence-electron chi connectivity index (χ3n) is 2.06. The lowest BCUT2D eigenvalue weighted by molar-refractivity contribution is -0.144. The van der Waals surface area contributed by atoms with Crippen molar-refractivity contribution in [3.05, 3.63) is 0 Å². The maximum atomic E-state index is 10.7. The molecule has 64 valence electrons. The van der Waals surface area contributed by atoms with Gasteiger partial charge in [-0.2, -0.15) is 0 Å². The summed E-state index contributed by atoms with van der Waals surface area (Å²) in [4.78, 5) is 10.7. The van der Waals surface area contributed by atoms with Crippen molar-refractivity contribution in [2.24, 2.45) is 5.92 Å². The number of ether oxygens (including phenoxy) is 1. The van der Waals surface area contributed by atoms with E-state index in [2.05, 4.69) is 11.7 Å². The summed E-state index contributed by atoms with van der Waals surface area (Å²) < 4.78 is 4.69. The van der Waals surface area contributed by atoms with Gasteiger partial charge in [0.05, 0.1) is 6.61 Å². The second-order valence-electron chi connectivity index (χ2n) is 2.98. The first kappa shape index (κ1) is 8.53. The zero-order valence-electron chi connectivity index (χ0n) is 6.75. The number of esters is 1. The molecule has 3 nitrogen and oxygen atoms in total. The molecule has 0 bridgehead atoms. The molecule has 0 amide bonds. The third kappa shape index (κ3) is 1.93. The van der Waals surface area contributed by atoms with Crippen LogP contribution < -0.4 is 0 Å². The summed E-state index contributed by atoms with van der Waals surface area (Å²) >= 11 is 0. The van der Waals surface area contributed by atoms with E-state index in [1.165, 1.54) is 0 Å². The Morgan fingerprint density at radius 1 is 1.73 bits per heavy atom. The molecule has 0 aliphatic carbocycles. The minimum atomic E-state index is -0.860. The van der Waals surface area contributed by atoms with E-state index in [1.807, 2.05) is 0 Å². The van der Waals surface area contributed by atoms with Crippen LogP contribution in [-0.4, -0.2) is 23.8 Å². The zero-order valence-corrected chi connectivity index (χ0v) is 6.75. The highest BCUT2D eigenvalue weighted by Gasteiger charge is 2.34. The molecule has 0 unspecified atom stereocenters. The van der Waals surface area contributed by atoms with Crippen LogP contribution in [0.2, 0.25) is 0 Å². The van der Waals surface area contributed by atoms with E-state index in [0.717, 1.165) is 19.3 Å². The number of hydrogen-bond acceptors (Lipinski definition) is 3. The van der Waals surface area contributed by atoms with E-state index in [9.17, 15) is 9.90 Å². The van der Waals surface area contributed by atoms with Gasteiger partial charge in [-0.05, 0) is 6.42 Å². The minimum Gasteiger partial charge on any atom is -0.463 e. The molecule has 1 heterocycles. The predicted molar refractivity (Wildman–Crippen MR) is 40.0 cm³/mol. The van der Waals surface area contributed by atoms with Gasteiger partial charge in [-0.15, -0.1) is 0 Å². The van der Waals surface area contributed by atoms with Crippen LogP contribution in [0.25, 0.3) is 0 Å². The Balaban J connectivity index is 2.30. The van der Waals surface area contributed by atoms with Crippen molar-refractivity contribution >= 4 is 5.97 Å². The summed E-state index contributed by atoms with van der Waals surface area (Å²) in [6.07, 6.45) is 2.18. The Morgan fingerprint density at radius 2 is 2.45 bits per heavy atom. The van der Waals surface area contributed by atoms with Crippen LogP contribution in [0.1, 0.15) is 26.2 Å². The first-order chi connectivity index (χ1) is 5.25. The van der Waals surface area contributed by atoms with Crippen molar-refractivity contribution < 1.29 is 14.6 Å². The first-order valence-corrected chi connectivity index (χ1v) is 4.10. The topological polar surface area (TPSA) is 46.5 Å². The van der Waals surface area contributed by atoms with Crippen LogP contribution in [0.3, 0.4) is 0 Å². The van der Waals surface area contributed by atoms with Gasteiger partial charge < -0.3 is 9.84 Å². The summed E-state index contributed by atoms with van der Waals surface area (Å²) in [7, 11) is 0. The normalized spacial score (nSPS) is 30.5. The Labute approximate surface area is 66.4 Å². The fraction of sp³-hybridized carbons (Fsp3) is 0.875. The number of cyclic esters (lactones) is 1. The molecular formula is C8H14O3. The standard InChI is InChI=1S/C8H14O3/c1-2-3-4-6-5-11-8(10)7(6)9/h6-7,9H,2-5H2,1H3/t6-,7+/m1/s1. The second kappa shape index (κ2) is 3.72. The maximum absolute atomic E-state index is 10.7. The van der Waals surface area contributed by atoms with Crippen LogP contribution in [0.5, 0.6) is 0 Å². The molecule has 0 aromatic heterocycles. The van der Waals surface area contributed by atoms with E-state index < -0.39 is 12.1 Å². The highest BCUT2D eigenvalue weighted by atomic mass is 16.6. The molecule has 3 heteroatoms. The van der Waals surface area contributed by atoms with Crippen LogP contribution >= 0.6 is 0 Å². The van der Waals surface area contributed by atoms with Gasteiger partial charge in [0.1, 0.15) is 0 Å². The van der Waals surface area contributed by atoms with Crippen LogP contribution in [-0.2, 0) is 9.53 Å². The number of aliphatic hydroxyl groups excluding tert-OH is 1. The Hall–Kier alpha value is -0.570. The molecule has 0 radical (unpaired) electrons. The van der Waals surface area contributed by atoms with Crippen molar-refractivity contribution in [1.29, 1.82) is 0 Å². The Morgan fingerprint density at radius 3 is 2.91 bits per heavy atom. The van der Waals surface area contributed by atoms with Gasteiger partial charge in [-0.25, -0.2) is 4.79 Å². The molecule has 1 rings (SSSR count). The molecule has 1 fully saturated rings. The summed E-state index contributed by atoms with van der Waals surface area (Å²) in [6, 6.07) is 0. The molecule has 1 aliphatic rings. The van der Waals surface area contributed by atoms with E-state index >= 15 is 0 Å². The number of hydrogen-bond donors (Lipinski definition) is 1. The molecule has 11 heavy (non-hydrogen) atoms. The lowest BCUT2D eigenvalue weighted by Gasteiger charge is -2.07. The van der Waals surface area contributed by atoms with Crippen LogP contribution in [0.4, 0.5) is 0 Å². The molecule has 1 N–H and O–H groups in total. The first-order valence-electron chi connectivity index (χ1n) is 4.10. The molecule has 0 aromatic carbocycles. The summed E-state index contributed by atoms with van der Waals surface area (Å²) in [5, 5.41) is 9.21. The highest BCUT2D eigenvalue weighted by Crippen LogP contribution is 2.20. The van der Waals surface area contributed by atoms with Crippen molar-refractivity contribution in [2.75, 3.05) is 6.61 Å². The lowest BCUT2D eigenvalue weighted by atomic mass is 9.99. The quantitative estimate of drug-likeness (QED) is 0.615. The number of aliphatic hydroxyl groups is 1. The molecule has 0 spiro atoms. The number of rotatable bonds is 3. The highest BCUT2D eigenvalue weighted by molar-refractivity contribution is 5.76. The average Bonchev–Trinajstić information content (AvgIpc) is 2.31. The van der Waals surface area contributed by atoms with Crippen molar-refractivity contribution in [2.45, 2.75) is 32.3 Å². The fourth-order valence-corrected chi connectivity index (χ4v) is 1.27. The average molecular weight is 158 g/mol. The van der Waals surface area contributed by atoms with Gasteiger partial charge in [0.15, 0.2) is 6.10 Å². The summed E-state index contributed by atoms with van der Waals surface area (Å²) in [5.74, 6) is -0.409. The van der Waals surface area contributed by atoms with E-state index in [0.29, 0.717) is 6.61 Å². The third-order valence-corrected chi connectivity index (χ3v) is 2.06.